The Morgan fingerprint density at radius 2 is 1.05 bits per heavy atom. The number of nitrogens with one attached hydrogen (secondary N) is 1. The maximum atomic E-state index is 13.2. The fraction of sp³-hybridized carbons (Fsp3) is 0.548. The highest BCUT2D eigenvalue weighted by atomic mass is 16.6. The number of aliphatic hydroxyl groups is 1. The van der Waals surface area contributed by atoms with Crippen molar-refractivity contribution in [1.29, 1.82) is 0 Å². The van der Waals surface area contributed by atoms with Gasteiger partial charge in [-0.15, -0.1) is 0 Å². The number of imide groups is 1. The summed E-state index contributed by atoms with van der Waals surface area (Å²) in [7, 11) is 0. The van der Waals surface area contributed by atoms with E-state index in [1.54, 1.807) is 0 Å². The number of amides is 2. The van der Waals surface area contributed by atoms with E-state index in [0.717, 1.165) is 22.3 Å². The van der Waals surface area contributed by atoms with Gasteiger partial charge in [0.1, 0.15) is 0 Å². The molecule has 1 fully saturated rings. The molecule has 2 bridgehead atoms. The van der Waals surface area contributed by atoms with Gasteiger partial charge in [-0.1, -0.05) is 48.5 Å². The van der Waals surface area contributed by atoms with E-state index < -0.39 is 17.3 Å². The number of rotatable bonds is 19. The molecular weight excluding hydrogens is 530 g/mol. The molecule has 2 amide bonds. The average Bonchev–Trinajstić information content (AvgIpc) is 3.31. The van der Waals surface area contributed by atoms with Crippen LogP contribution in [0.3, 0.4) is 0 Å². The molecule has 2 aromatic carbocycles. The van der Waals surface area contributed by atoms with Crippen molar-refractivity contribution in [3.05, 3.63) is 70.8 Å². The van der Waals surface area contributed by atoms with Gasteiger partial charge >= 0.3 is 0 Å². The fourth-order valence-corrected chi connectivity index (χ4v) is 6.50. The number of ether oxygens (including phenoxy) is 6. The van der Waals surface area contributed by atoms with Gasteiger partial charge in [0.25, 0.3) is 0 Å². The molecule has 0 aromatic heterocycles. The van der Waals surface area contributed by atoms with Crippen molar-refractivity contribution in [2.45, 2.75) is 11.3 Å². The topological polar surface area (TPSA) is 122 Å². The van der Waals surface area contributed by atoms with Gasteiger partial charge in [-0.25, -0.2) is 0 Å². The third kappa shape index (κ3) is 6.24. The molecule has 0 unspecified atom stereocenters. The van der Waals surface area contributed by atoms with Gasteiger partial charge in [0.2, 0.25) is 11.8 Å². The predicted octanol–water partition coefficient (Wildman–Crippen LogP) is 1.41. The third-order valence-electron chi connectivity index (χ3n) is 8.06. The Balaban J connectivity index is 1.04. The van der Waals surface area contributed by atoms with Crippen molar-refractivity contribution in [3.8, 4) is 0 Å². The molecule has 10 heteroatoms. The van der Waals surface area contributed by atoms with Crippen LogP contribution in [0.4, 0.5) is 0 Å². The molecule has 0 radical (unpaired) electrons. The van der Waals surface area contributed by atoms with Gasteiger partial charge in [-0.3, -0.25) is 14.9 Å². The highest BCUT2D eigenvalue weighted by Gasteiger charge is 2.66. The SMILES string of the molecule is O=C1NC(=O)[C@@H]2[C@H]1C1c3ccccc3C2(COCCOCCOCCOCCOCCOCCO)c2ccccc21. The number of hydrogen-bond acceptors (Lipinski definition) is 9. The van der Waals surface area contributed by atoms with Gasteiger partial charge < -0.3 is 33.5 Å². The Kier molecular flexibility index (Phi) is 10.5. The summed E-state index contributed by atoms with van der Waals surface area (Å²) in [6.45, 7) is 5.06. The summed E-state index contributed by atoms with van der Waals surface area (Å²) < 4.78 is 33.4. The summed E-state index contributed by atoms with van der Waals surface area (Å²) in [5.74, 6) is -1.48. The predicted molar refractivity (Wildman–Crippen MR) is 148 cm³/mol. The molecule has 1 heterocycles. The Bertz CT molecular complexity index is 1120. The minimum Gasteiger partial charge on any atom is -0.394 e. The second-order valence-electron chi connectivity index (χ2n) is 10.3. The summed E-state index contributed by atoms with van der Waals surface area (Å²) in [6, 6.07) is 16.3. The Morgan fingerprint density at radius 3 is 1.54 bits per heavy atom. The normalized spacial score (nSPS) is 23.8. The number of hydrogen-bond donors (Lipinski definition) is 2. The van der Waals surface area contributed by atoms with Gasteiger partial charge in [0, 0.05) is 5.92 Å². The average molecular weight is 570 g/mol. The van der Waals surface area contributed by atoms with Crippen LogP contribution in [0.5, 0.6) is 0 Å². The van der Waals surface area contributed by atoms with Crippen molar-refractivity contribution >= 4 is 11.8 Å². The smallest absolute Gasteiger partial charge is 0.231 e. The van der Waals surface area contributed by atoms with E-state index in [1.165, 1.54) is 0 Å². The first-order valence-electron chi connectivity index (χ1n) is 14.3. The highest BCUT2D eigenvalue weighted by Crippen LogP contribution is 2.62. The fourth-order valence-electron chi connectivity index (χ4n) is 6.50. The van der Waals surface area contributed by atoms with Gasteiger partial charge in [-0.05, 0) is 22.3 Å². The molecule has 3 aliphatic carbocycles. The Labute approximate surface area is 240 Å². The summed E-state index contributed by atoms with van der Waals surface area (Å²) in [5.41, 5.74) is 3.63. The van der Waals surface area contributed by atoms with Crippen LogP contribution in [0.1, 0.15) is 28.2 Å². The molecule has 10 nitrogen and oxygen atoms in total. The lowest BCUT2D eigenvalue weighted by atomic mass is 9.47. The number of aliphatic hydroxyl groups excluding tert-OH is 1. The molecule has 1 aliphatic heterocycles. The first-order valence-corrected chi connectivity index (χ1v) is 14.3. The minimum absolute atomic E-state index is 0.0137. The lowest BCUT2D eigenvalue weighted by Gasteiger charge is -2.54. The van der Waals surface area contributed by atoms with Crippen LogP contribution >= 0.6 is 0 Å². The Morgan fingerprint density at radius 1 is 0.610 bits per heavy atom. The molecule has 4 aliphatic rings. The van der Waals surface area contributed by atoms with E-state index >= 15 is 0 Å². The summed E-state index contributed by atoms with van der Waals surface area (Å²) in [5, 5.41) is 11.2. The molecule has 222 valence electrons. The van der Waals surface area contributed by atoms with E-state index in [2.05, 4.69) is 29.6 Å². The van der Waals surface area contributed by atoms with Gasteiger partial charge in [0.05, 0.1) is 103 Å². The standard InChI is InChI=1S/C31H39NO9/c33-9-10-36-11-12-37-13-14-38-15-16-39-17-18-40-19-20-41-21-31-24-7-3-1-5-22(24)26(23-6-2-4-8-25(23)31)27-28(31)30(35)32-29(27)34/h1-8,26-28,33H,9-21H2,(H,32,34,35)/t26?,27-,28+,31?/m1/s1. The van der Waals surface area contributed by atoms with Crippen LogP contribution in [-0.2, 0) is 43.4 Å². The quantitative estimate of drug-likeness (QED) is 0.191. The van der Waals surface area contributed by atoms with Crippen molar-refractivity contribution < 1.29 is 43.1 Å². The van der Waals surface area contributed by atoms with Crippen LogP contribution in [-0.4, -0.2) is 103 Å². The molecule has 0 spiro atoms. The van der Waals surface area contributed by atoms with Crippen LogP contribution in [0.2, 0.25) is 0 Å². The van der Waals surface area contributed by atoms with Gasteiger partial charge in [-0.2, -0.15) is 0 Å². The lowest BCUT2D eigenvalue weighted by Crippen LogP contribution is -2.56. The molecule has 2 atom stereocenters. The molecule has 0 saturated carbocycles. The van der Waals surface area contributed by atoms with Crippen LogP contribution < -0.4 is 5.32 Å². The highest BCUT2D eigenvalue weighted by molar-refractivity contribution is 6.08. The Hall–Kier alpha value is -2.70. The van der Waals surface area contributed by atoms with Crippen molar-refractivity contribution in [2.75, 3.05) is 85.9 Å². The summed E-state index contributed by atoms with van der Waals surface area (Å²) >= 11 is 0. The third-order valence-corrected chi connectivity index (χ3v) is 8.06. The first kappa shape index (κ1) is 29.8. The maximum absolute atomic E-state index is 13.2. The molecular formula is C31H39NO9. The monoisotopic (exact) mass is 569 g/mol. The molecule has 2 aromatic rings. The van der Waals surface area contributed by atoms with Crippen molar-refractivity contribution in [3.63, 3.8) is 0 Å². The zero-order valence-electron chi connectivity index (χ0n) is 23.3. The molecule has 1 saturated heterocycles. The van der Waals surface area contributed by atoms with Gasteiger partial charge in [0.15, 0.2) is 0 Å². The first-order chi connectivity index (χ1) is 20.2. The van der Waals surface area contributed by atoms with E-state index in [1.807, 2.05) is 24.3 Å². The largest absolute Gasteiger partial charge is 0.394 e. The van der Waals surface area contributed by atoms with E-state index in [-0.39, 0.29) is 30.9 Å². The van der Waals surface area contributed by atoms with Crippen molar-refractivity contribution in [1.82, 2.24) is 5.32 Å². The van der Waals surface area contributed by atoms with E-state index in [9.17, 15) is 9.59 Å². The number of benzene rings is 2. The second-order valence-corrected chi connectivity index (χ2v) is 10.3. The molecule has 6 rings (SSSR count). The maximum Gasteiger partial charge on any atom is 0.231 e. The van der Waals surface area contributed by atoms with Crippen molar-refractivity contribution in [2.24, 2.45) is 11.8 Å². The van der Waals surface area contributed by atoms with E-state index in [4.69, 9.17) is 33.5 Å². The van der Waals surface area contributed by atoms with Crippen LogP contribution in [0, 0.1) is 11.8 Å². The van der Waals surface area contributed by atoms with Crippen LogP contribution in [0.25, 0.3) is 0 Å². The zero-order valence-corrected chi connectivity index (χ0v) is 23.3. The minimum atomic E-state index is -0.731. The van der Waals surface area contributed by atoms with E-state index in [0.29, 0.717) is 72.7 Å². The summed E-state index contributed by atoms with van der Waals surface area (Å²) in [4.78, 5) is 26.2. The molecule has 2 N–H and O–H groups in total. The number of carbonyl (C=O) groups excluding carboxylic acids is 2. The zero-order chi connectivity index (χ0) is 28.5. The summed E-state index contributed by atoms with van der Waals surface area (Å²) in [6.07, 6.45) is 0. The lowest BCUT2D eigenvalue weighted by molar-refractivity contribution is -0.127. The molecule has 41 heavy (non-hydrogen) atoms. The van der Waals surface area contributed by atoms with Crippen LogP contribution in [0.15, 0.2) is 48.5 Å². The number of carbonyl (C=O) groups is 2. The second kappa shape index (κ2) is 14.5.